The number of hydrogen-bond donors (Lipinski definition) is 3. The molecule has 0 aliphatic rings. The zero-order chi connectivity index (χ0) is 15.1. The van der Waals surface area contributed by atoms with E-state index < -0.39 is 6.04 Å². The molecular formula is C16H26N2O2. The third kappa shape index (κ3) is 4.85. The van der Waals surface area contributed by atoms with Crippen molar-refractivity contribution in [3.05, 3.63) is 29.8 Å². The van der Waals surface area contributed by atoms with Crippen molar-refractivity contribution in [2.75, 3.05) is 0 Å². The largest absolute Gasteiger partial charge is 0.508 e. The number of phenolic OH excluding ortho intramolecular Hbond substituents is 1. The van der Waals surface area contributed by atoms with Gasteiger partial charge in [-0.3, -0.25) is 4.79 Å². The second-order valence-corrected chi connectivity index (χ2v) is 5.35. The van der Waals surface area contributed by atoms with E-state index in [9.17, 15) is 9.90 Å². The second kappa shape index (κ2) is 7.90. The molecule has 1 aromatic rings. The molecule has 4 N–H and O–H groups in total. The average Bonchev–Trinajstić information content (AvgIpc) is 2.42. The van der Waals surface area contributed by atoms with Gasteiger partial charge in [0.25, 0.3) is 0 Å². The molecule has 1 aromatic carbocycles. The summed E-state index contributed by atoms with van der Waals surface area (Å²) < 4.78 is 0. The molecule has 112 valence electrons. The molecule has 0 fully saturated rings. The first-order valence-corrected chi connectivity index (χ1v) is 7.31. The summed E-state index contributed by atoms with van der Waals surface area (Å²) in [6.07, 6.45) is 2.57. The molecule has 0 bridgehead atoms. The van der Waals surface area contributed by atoms with Crippen molar-refractivity contribution >= 4 is 5.91 Å². The molecule has 0 saturated heterocycles. The molecule has 2 atom stereocenters. The van der Waals surface area contributed by atoms with Gasteiger partial charge in [0, 0.05) is 6.04 Å². The molecular weight excluding hydrogens is 252 g/mol. The molecule has 1 amide bonds. The van der Waals surface area contributed by atoms with E-state index in [4.69, 9.17) is 5.73 Å². The molecule has 20 heavy (non-hydrogen) atoms. The van der Waals surface area contributed by atoms with Crippen molar-refractivity contribution in [3.63, 3.8) is 0 Å². The summed E-state index contributed by atoms with van der Waals surface area (Å²) in [5.41, 5.74) is 6.89. The van der Waals surface area contributed by atoms with E-state index in [1.807, 2.05) is 6.92 Å². The number of hydrogen-bond acceptors (Lipinski definition) is 3. The fourth-order valence-electron chi connectivity index (χ4n) is 2.42. The Hall–Kier alpha value is -1.55. The Kier molecular flexibility index (Phi) is 6.52. The van der Waals surface area contributed by atoms with Crippen LogP contribution in [-0.2, 0) is 11.2 Å². The minimum Gasteiger partial charge on any atom is -0.508 e. The quantitative estimate of drug-likeness (QED) is 0.715. The van der Waals surface area contributed by atoms with E-state index in [1.165, 1.54) is 0 Å². The summed E-state index contributed by atoms with van der Waals surface area (Å²) in [4.78, 5) is 12.1. The number of nitrogens with two attached hydrogens (primary N) is 1. The van der Waals surface area contributed by atoms with Crippen LogP contribution in [-0.4, -0.2) is 23.1 Å². The van der Waals surface area contributed by atoms with Crippen LogP contribution in [0.2, 0.25) is 0 Å². The van der Waals surface area contributed by atoms with Crippen LogP contribution in [0.5, 0.6) is 5.75 Å². The van der Waals surface area contributed by atoms with Gasteiger partial charge in [-0.05, 0) is 37.0 Å². The predicted octanol–water partition coefficient (Wildman–Crippen LogP) is 2.20. The summed E-state index contributed by atoms with van der Waals surface area (Å²) >= 11 is 0. The SMILES string of the molecule is CCC(CC)C(C)NC(=O)C(N)Cc1ccc(O)cc1. The van der Waals surface area contributed by atoms with Crippen LogP contribution in [0.3, 0.4) is 0 Å². The second-order valence-electron chi connectivity index (χ2n) is 5.35. The summed E-state index contributed by atoms with van der Waals surface area (Å²) in [6.45, 7) is 6.29. The Balaban J connectivity index is 2.52. The molecule has 0 aromatic heterocycles. The van der Waals surface area contributed by atoms with Crippen LogP contribution in [0.1, 0.15) is 39.2 Å². The number of rotatable bonds is 7. The van der Waals surface area contributed by atoms with E-state index in [1.54, 1.807) is 24.3 Å². The summed E-state index contributed by atoms with van der Waals surface area (Å²) in [7, 11) is 0. The van der Waals surface area contributed by atoms with Gasteiger partial charge in [-0.15, -0.1) is 0 Å². The van der Waals surface area contributed by atoms with Crippen molar-refractivity contribution in [2.45, 2.75) is 52.1 Å². The lowest BCUT2D eigenvalue weighted by atomic mass is 9.95. The molecule has 0 aliphatic heterocycles. The van der Waals surface area contributed by atoms with Crippen LogP contribution < -0.4 is 11.1 Å². The zero-order valence-corrected chi connectivity index (χ0v) is 12.6. The van der Waals surface area contributed by atoms with Gasteiger partial charge in [0.2, 0.25) is 5.91 Å². The smallest absolute Gasteiger partial charge is 0.237 e. The first-order chi connectivity index (χ1) is 9.47. The van der Waals surface area contributed by atoms with Gasteiger partial charge in [0.05, 0.1) is 6.04 Å². The van der Waals surface area contributed by atoms with Gasteiger partial charge in [0.15, 0.2) is 0 Å². The molecule has 0 spiro atoms. The number of benzene rings is 1. The van der Waals surface area contributed by atoms with E-state index in [0.717, 1.165) is 18.4 Å². The van der Waals surface area contributed by atoms with Gasteiger partial charge in [-0.25, -0.2) is 0 Å². The van der Waals surface area contributed by atoms with Crippen molar-refractivity contribution in [1.82, 2.24) is 5.32 Å². The van der Waals surface area contributed by atoms with E-state index in [2.05, 4.69) is 19.2 Å². The fourth-order valence-corrected chi connectivity index (χ4v) is 2.42. The number of nitrogens with one attached hydrogen (secondary N) is 1. The Morgan fingerprint density at radius 3 is 2.30 bits per heavy atom. The molecule has 4 heteroatoms. The van der Waals surface area contributed by atoms with Gasteiger partial charge in [-0.2, -0.15) is 0 Å². The lowest BCUT2D eigenvalue weighted by Crippen LogP contribution is -2.47. The maximum atomic E-state index is 12.1. The first-order valence-electron chi connectivity index (χ1n) is 7.31. The molecule has 0 radical (unpaired) electrons. The summed E-state index contributed by atoms with van der Waals surface area (Å²) in [6, 6.07) is 6.36. The Morgan fingerprint density at radius 1 is 1.25 bits per heavy atom. The standard InChI is InChI=1S/C16H26N2O2/c1-4-13(5-2)11(3)18-16(20)15(17)10-12-6-8-14(19)9-7-12/h6-9,11,13,15,19H,4-5,10,17H2,1-3H3,(H,18,20). The molecule has 4 nitrogen and oxygen atoms in total. The molecule has 0 saturated carbocycles. The van der Waals surface area contributed by atoms with Crippen molar-refractivity contribution in [3.8, 4) is 5.75 Å². The lowest BCUT2D eigenvalue weighted by molar-refractivity contribution is -0.123. The number of carbonyl (C=O) groups excluding carboxylic acids is 1. The minimum absolute atomic E-state index is 0.113. The molecule has 0 aliphatic carbocycles. The maximum Gasteiger partial charge on any atom is 0.237 e. The van der Waals surface area contributed by atoms with Crippen molar-refractivity contribution < 1.29 is 9.90 Å². The molecule has 1 rings (SSSR count). The zero-order valence-electron chi connectivity index (χ0n) is 12.6. The fraction of sp³-hybridized carbons (Fsp3) is 0.562. The maximum absolute atomic E-state index is 12.1. The van der Waals surface area contributed by atoms with Crippen LogP contribution in [0.25, 0.3) is 0 Å². The Labute approximate surface area is 121 Å². The van der Waals surface area contributed by atoms with Crippen LogP contribution in [0.4, 0.5) is 0 Å². The number of carbonyl (C=O) groups is 1. The topological polar surface area (TPSA) is 75.4 Å². The van der Waals surface area contributed by atoms with Gasteiger partial charge in [-0.1, -0.05) is 38.8 Å². The first kappa shape index (κ1) is 16.5. The Bertz CT molecular complexity index is 413. The van der Waals surface area contributed by atoms with Crippen LogP contribution in [0, 0.1) is 5.92 Å². The van der Waals surface area contributed by atoms with Gasteiger partial charge < -0.3 is 16.2 Å². The van der Waals surface area contributed by atoms with Gasteiger partial charge >= 0.3 is 0 Å². The van der Waals surface area contributed by atoms with E-state index in [0.29, 0.717) is 12.3 Å². The summed E-state index contributed by atoms with van der Waals surface area (Å²) in [5, 5.41) is 12.2. The number of amides is 1. The Morgan fingerprint density at radius 2 is 1.80 bits per heavy atom. The van der Waals surface area contributed by atoms with E-state index in [-0.39, 0.29) is 17.7 Å². The summed E-state index contributed by atoms with van der Waals surface area (Å²) in [5.74, 6) is 0.589. The van der Waals surface area contributed by atoms with Crippen LogP contribution in [0.15, 0.2) is 24.3 Å². The average molecular weight is 278 g/mol. The highest BCUT2D eigenvalue weighted by Crippen LogP contribution is 2.13. The number of aromatic hydroxyl groups is 1. The monoisotopic (exact) mass is 278 g/mol. The van der Waals surface area contributed by atoms with E-state index >= 15 is 0 Å². The predicted molar refractivity (Wildman–Crippen MR) is 81.5 cm³/mol. The lowest BCUT2D eigenvalue weighted by Gasteiger charge is -2.24. The highest BCUT2D eigenvalue weighted by molar-refractivity contribution is 5.82. The highest BCUT2D eigenvalue weighted by Gasteiger charge is 2.20. The highest BCUT2D eigenvalue weighted by atomic mass is 16.3. The van der Waals surface area contributed by atoms with Crippen LogP contribution >= 0.6 is 0 Å². The van der Waals surface area contributed by atoms with Crippen molar-refractivity contribution in [1.29, 1.82) is 0 Å². The van der Waals surface area contributed by atoms with Crippen molar-refractivity contribution in [2.24, 2.45) is 11.7 Å². The third-order valence-electron chi connectivity index (χ3n) is 3.85. The molecule has 2 unspecified atom stereocenters. The third-order valence-corrected chi connectivity index (χ3v) is 3.85. The normalized spacial score (nSPS) is 14.1. The number of phenols is 1. The molecule has 0 heterocycles. The minimum atomic E-state index is -0.559. The van der Waals surface area contributed by atoms with Gasteiger partial charge in [0.1, 0.15) is 5.75 Å².